The van der Waals surface area contributed by atoms with Crippen LogP contribution >= 0.6 is 0 Å². The molecule has 0 saturated carbocycles. The molecular weight excluding hydrogens is 221 g/mol. The van der Waals surface area contributed by atoms with Gasteiger partial charge in [-0.2, -0.15) is 0 Å². The van der Waals surface area contributed by atoms with E-state index >= 15 is 0 Å². The lowest BCUT2D eigenvalue weighted by Gasteiger charge is -2.29. The van der Waals surface area contributed by atoms with Gasteiger partial charge in [-0.15, -0.1) is 0 Å². The van der Waals surface area contributed by atoms with Crippen LogP contribution in [0.5, 0.6) is 0 Å². The van der Waals surface area contributed by atoms with E-state index in [1.807, 2.05) is 11.1 Å². The van der Waals surface area contributed by atoms with Crippen LogP contribution in [0.4, 0.5) is 4.39 Å². The molecule has 1 aliphatic heterocycles. The van der Waals surface area contributed by atoms with Gasteiger partial charge >= 0.3 is 0 Å². The summed E-state index contributed by atoms with van der Waals surface area (Å²) in [5.41, 5.74) is 6.35. The molecule has 0 aromatic heterocycles. The Labute approximate surface area is 99.8 Å². The van der Waals surface area contributed by atoms with E-state index in [4.69, 9.17) is 5.73 Å². The van der Waals surface area contributed by atoms with E-state index in [1.54, 1.807) is 18.1 Å². The number of halogens is 1. The summed E-state index contributed by atoms with van der Waals surface area (Å²) in [6.45, 7) is 1.05. The van der Waals surface area contributed by atoms with Gasteiger partial charge in [0.25, 0.3) is 0 Å². The normalized spacial score (nSPS) is 21.2. The Bertz CT molecular complexity index is 424. The highest BCUT2D eigenvalue weighted by Gasteiger charge is 2.35. The Morgan fingerprint density at radius 3 is 2.94 bits per heavy atom. The number of hydrazine groups is 1. The average Bonchev–Trinajstić information content (AvgIpc) is 2.58. The summed E-state index contributed by atoms with van der Waals surface area (Å²) in [5.74, 6) is -0.245. The molecule has 5 heteroatoms. The Kier molecular flexibility index (Phi) is 3.40. The summed E-state index contributed by atoms with van der Waals surface area (Å²) in [4.78, 5) is 11.7. The van der Waals surface area contributed by atoms with Crippen LogP contribution in [0.2, 0.25) is 0 Å². The van der Waals surface area contributed by atoms with Crippen LogP contribution in [0.1, 0.15) is 18.0 Å². The highest BCUT2D eigenvalue weighted by molar-refractivity contribution is 5.78. The molecule has 1 unspecified atom stereocenters. The van der Waals surface area contributed by atoms with Crippen LogP contribution in [0.25, 0.3) is 0 Å². The molecule has 1 saturated heterocycles. The third kappa shape index (κ3) is 2.30. The number of carbonyl (C=O) groups is 1. The highest BCUT2D eigenvalue weighted by atomic mass is 19.1. The number of amides is 1. The van der Waals surface area contributed by atoms with Crippen molar-refractivity contribution in [3.05, 3.63) is 35.6 Å². The maximum absolute atomic E-state index is 13.2. The van der Waals surface area contributed by atoms with Crippen molar-refractivity contribution in [2.45, 2.75) is 12.5 Å². The van der Waals surface area contributed by atoms with Crippen molar-refractivity contribution >= 4 is 5.91 Å². The topological polar surface area (TPSA) is 49.6 Å². The molecule has 2 N–H and O–H groups in total. The number of nitrogens with two attached hydrogens (primary N) is 1. The molecule has 1 heterocycles. The fourth-order valence-corrected chi connectivity index (χ4v) is 2.20. The molecule has 1 fully saturated rings. The summed E-state index contributed by atoms with van der Waals surface area (Å²) in [6, 6.07) is 6.27. The molecule has 2 rings (SSSR count). The lowest BCUT2D eigenvalue weighted by Crippen LogP contribution is -2.40. The fourth-order valence-electron chi connectivity index (χ4n) is 2.20. The SMILES string of the molecule is CN1C(=O)CC(c2cccc(F)c2)N1CCN. The molecule has 0 aliphatic carbocycles. The molecule has 0 spiro atoms. The summed E-state index contributed by atoms with van der Waals surface area (Å²) in [7, 11) is 1.72. The van der Waals surface area contributed by atoms with Crippen LogP contribution < -0.4 is 5.73 Å². The van der Waals surface area contributed by atoms with E-state index in [9.17, 15) is 9.18 Å². The Morgan fingerprint density at radius 2 is 2.29 bits per heavy atom. The van der Waals surface area contributed by atoms with E-state index in [0.29, 0.717) is 19.5 Å². The average molecular weight is 237 g/mol. The molecule has 1 aromatic rings. The minimum atomic E-state index is -0.280. The Hall–Kier alpha value is -1.46. The Morgan fingerprint density at radius 1 is 1.53 bits per heavy atom. The van der Waals surface area contributed by atoms with Crippen LogP contribution in [0.15, 0.2) is 24.3 Å². The molecule has 1 amide bonds. The summed E-state index contributed by atoms with van der Waals surface area (Å²) >= 11 is 0. The van der Waals surface area contributed by atoms with Gasteiger partial charge in [-0.3, -0.25) is 9.80 Å². The third-order valence-corrected chi connectivity index (χ3v) is 3.07. The number of carbonyl (C=O) groups excluding carboxylic acids is 1. The smallest absolute Gasteiger partial charge is 0.238 e. The van der Waals surface area contributed by atoms with E-state index < -0.39 is 0 Å². The van der Waals surface area contributed by atoms with Gasteiger partial charge < -0.3 is 5.73 Å². The van der Waals surface area contributed by atoms with E-state index in [2.05, 4.69) is 0 Å². The van der Waals surface area contributed by atoms with Gasteiger partial charge in [0, 0.05) is 26.6 Å². The minimum Gasteiger partial charge on any atom is -0.329 e. The quantitative estimate of drug-likeness (QED) is 0.850. The zero-order valence-corrected chi connectivity index (χ0v) is 9.77. The van der Waals surface area contributed by atoms with Crippen molar-refractivity contribution in [3.63, 3.8) is 0 Å². The number of benzene rings is 1. The molecule has 1 aliphatic rings. The number of rotatable bonds is 3. The third-order valence-electron chi connectivity index (χ3n) is 3.07. The van der Waals surface area contributed by atoms with Crippen molar-refractivity contribution in [1.82, 2.24) is 10.0 Å². The van der Waals surface area contributed by atoms with E-state index in [-0.39, 0.29) is 17.8 Å². The summed E-state index contributed by atoms with van der Waals surface area (Å²) < 4.78 is 13.2. The minimum absolute atomic E-state index is 0.0349. The lowest BCUT2D eigenvalue weighted by molar-refractivity contribution is -0.135. The van der Waals surface area contributed by atoms with Crippen LogP contribution in [0.3, 0.4) is 0 Å². The van der Waals surface area contributed by atoms with Gasteiger partial charge in [-0.1, -0.05) is 12.1 Å². The molecule has 4 nitrogen and oxygen atoms in total. The van der Waals surface area contributed by atoms with Crippen LogP contribution in [0, 0.1) is 5.82 Å². The van der Waals surface area contributed by atoms with Crippen molar-refractivity contribution in [3.8, 4) is 0 Å². The number of hydrogen-bond acceptors (Lipinski definition) is 3. The van der Waals surface area contributed by atoms with Gasteiger partial charge in [0.15, 0.2) is 0 Å². The molecule has 0 radical (unpaired) electrons. The second-order valence-corrected chi connectivity index (χ2v) is 4.14. The monoisotopic (exact) mass is 237 g/mol. The first-order chi connectivity index (χ1) is 8.13. The zero-order valence-electron chi connectivity index (χ0n) is 9.77. The summed E-state index contributed by atoms with van der Waals surface area (Å²) in [6.07, 6.45) is 0.375. The predicted octanol–water partition coefficient (Wildman–Crippen LogP) is 0.905. The van der Waals surface area contributed by atoms with E-state index in [0.717, 1.165) is 5.56 Å². The maximum atomic E-state index is 13.2. The number of hydrogen-bond donors (Lipinski definition) is 1. The Balaban J connectivity index is 2.27. The van der Waals surface area contributed by atoms with Crippen molar-refractivity contribution in [2.24, 2.45) is 5.73 Å². The summed E-state index contributed by atoms with van der Waals surface area (Å²) in [5, 5.41) is 3.46. The highest BCUT2D eigenvalue weighted by Crippen LogP contribution is 2.31. The first-order valence-electron chi connectivity index (χ1n) is 5.62. The van der Waals surface area contributed by atoms with Crippen molar-refractivity contribution < 1.29 is 9.18 Å². The molecule has 1 aromatic carbocycles. The van der Waals surface area contributed by atoms with Gasteiger partial charge in [-0.05, 0) is 17.7 Å². The van der Waals surface area contributed by atoms with Gasteiger partial charge in [-0.25, -0.2) is 9.40 Å². The van der Waals surface area contributed by atoms with Crippen LogP contribution in [-0.2, 0) is 4.79 Å². The maximum Gasteiger partial charge on any atom is 0.238 e. The van der Waals surface area contributed by atoms with E-state index in [1.165, 1.54) is 12.1 Å². The van der Waals surface area contributed by atoms with Crippen LogP contribution in [-0.4, -0.2) is 36.1 Å². The standard InChI is InChI=1S/C12H16FN3O/c1-15-12(17)8-11(16(15)6-5-14)9-3-2-4-10(13)7-9/h2-4,7,11H,5-6,8,14H2,1H3. The molecule has 1 atom stereocenters. The van der Waals surface area contributed by atoms with Gasteiger partial charge in [0.2, 0.25) is 5.91 Å². The zero-order chi connectivity index (χ0) is 12.4. The molecule has 92 valence electrons. The first-order valence-corrected chi connectivity index (χ1v) is 5.62. The predicted molar refractivity (Wildman–Crippen MR) is 62.3 cm³/mol. The molecule has 0 bridgehead atoms. The second kappa shape index (κ2) is 4.81. The molecular formula is C12H16FN3O. The fraction of sp³-hybridized carbons (Fsp3) is 0.417. The number of nitrogens with zero attached hydrogens (tertiary/aromatic N) is 2. The lowest BCUT2D eigenvalue weighted by atomic mass is 10.0. The largest absolute Gasteiger partial charge is 0.329 e. The van der Waals surface area contributed by atoms with Crippen molar-refractivity contribution in [2.75, 3.05) is 20.1 Å². The van der Waals surface area contributed by atoms with Gasteiger partial charge in [0.1, 0.15) is 5.82 Å². The second-order valence-electron chi connectivity index (χ2n) is 4.14. The van der Waals surface area contributed by atoms with Crippen molar-refractivity contribution in [1.29, 1.82) is 0 Å². The molecule has 17 heavy (non-hydrogen) atoms. The first kappa shape index (κ1) is 12.0. The van der Waals surface area contributed by atoms with Gasteiger partial charge in [0.05, 0.1) is 6.04 Å².